The van der Waals surface area contributed by atoms with Gasteiger partial charge < -0.3 is 14.5 Å². The number of carbonyl (C=O) groups is 2. The molecule has 0 radical (unpaired) electrons. The van der Waals surface area contributed by atoms with Gasteiger partial charge in [-0.3, -0.25) is 9.59 Å². The van der Waals surface area contributed by atoms with Crippen LogP contribution < -0.4 is 0 Å². The van der Waals surface area contributed by atoms with Crippen LogP contribution in [0.15, 0.2) is 35.7 Å². The topological polar surface area (TPSA) is 49.9 Å². The molecule has 2 heterocycles. The van der Waals surface area contributed by atoms with Gasteiger partial charge in [0.25, 0.3) is 0 Å². The SMILES string of the molecule is CCCN(CC(=O)N1CCc2sccc2[C@H]1c1ccc(C)cc1)C(=O)COC. The molecular formula is C22H28N2O3S. The standard InChI is InChI=1S/C22H28N2O3S/c1-4-11-23(21(26)15-27-3)14-20(25)24-12-9-19-18(10-13-28-19)22(24)17-7-5-16(2)6-8-17/h5-8,10,13,22H,4,9,11-12,14-15H2,1-3H3/t22-/m1/s1. The zero-order valence-electron chi connectivity index (χ0n) is 16.8. The third-order valence-corrected chi connectivity index (χ3v) is 6.12. The minimum Gasteiger partial charge on any atom is -0.375 e. The van der Waals surface area contributed by atoms with Crippen LogP contribution in [0.3, 0.4) is 0 Å². The lowest BCUT2D eigenvalue weighted by atomic mass is 9.92. The Bertz CT molecular complexity index is 815. The lowest BCUT2D eigenvalue weighted by molar-refractivity contribution is -0.143. The maximum atomic E-state index is 13.3. The fraction of sp³-hybridized carbons (Fsp3) is 0.455. The number of amides is 2. The second kappa shape index (κ2) is 9.34. The van der Waals surface area contributed by atoms with E-state index in [1.54, 1.807) is 16.2 Å². The molecular weight excluding hydrogens is 372 g/mol. The zero-order chi connectivity index (χ0) is 20.1. The van der Waals surface area contributed by atoms with Crippen molar-refractivity contribution < 1.29 is 14.3 Å². The number of ether oxygens (including phenoxy) is 1. The van der Waals surface area contributed by atoms with Crippen molar-refractivity contribution in [2.24, 2.45) is 0 Å². The van der Waals surface area contributed by atoms with E-state index in [1.165, 1.54) is 23.1 Å². The van der Waals surface area contributed by atoms with Crippen molar-refractivity contribution in [1.82, 2.24) is 9.80 Å². The van der Waals surface area contributed by atoms with Crippen molar-refractivity contribution in [1.29, 1.82) is 0 Å². The molecule has 0 fully saturated rings. The molecule has 0 spiro atoms. The summed E-state index contributed by atoms with van der Waals surface area (Å²) in [5.41, 5.74) is 3.52. The monoisotopic (exact) mass is 400 g/mol. The molecule has 1 atom stereocenters. The summed E-state index contributed by atoms with van der Waals surface area (Å²) < 4.78 is 4.98. The Kier molecular flexibility index (Phi) is 6.86. The van der Waals surface area contributed by atoms with Gasteiger partial charge in [-0.25, -0.2) is 0 Å². The molecule has 0 saturated carbocycles. The number of benzene rings is 1. The summed E-state index contributed by atoms with van der Waals surface area (Å²) >= 11 is 1.76. The van der Waals surface area contributed by atoms with Crippen molar-refractivity contribution >= 4 is 23.2 Å². The maximum Gasteiger partial charge on any atom is 0.249 e. The Balaban J connectivity index is 1.87. The van der Waals surface area contributed by atoms with E-state index in [4.69, 9.17) is 4.74 Å². The lowest BCUT2D eigenvalue weighted by Crippen LogP contribution is -2.47. The van der Waals surface area contributed by atoms with Crippen LogP contribution in [0.4, 0.5) is 0 Å². The van der Waals surface area contributed by atoms with E-state index in [2.05, 4.69) is 42.6 Å². The molecule has 6 heteroatoms. The smallest absolute Gasteiger partial charge is 0.249 e. The van der Waals surface area contributed by atoms with E-state index >= 15 is 0 Å². The van der Waals surface area contributed by atoms with Crippen LogP contribution in [0.25, 0.3) is 0 Å². The lowest BCUT2D eigenvalue weighted by Gasteiger charge is -2.37. The summed E-state index contributed by atoms with van der Waals surface area (Å²) in [6, 6.07) is 10.4. The molecule has 3 rings (SSSR count). The van der Waals surface area contributed by atoms with Crippen LogP contribution in [0.2, 0.25) is 0 Å². The van der Waals surface area contributed by atoms with Crippen LogP contribution in [-0.4, -0.2) is 55.0 Å². The first-order valence-electron chi connectivity index (χ1n) is 9.74. The van der Waals surface area contributed by atoms with Gasteiger partial charge in [-0.1, -0.05) is 36.8 Å². The summed E-state index contributed by atoms with van der Waals surface area (Å²) in [7, 11) is 1.50. The van der Waals surface area contributed by atoms with Gasteiger partial charge in [0.1, 0.15) is 6.61 Å². The largest absolute Gasteiger partial charge is 0.375 e. The van der Waals surface area contributed by atoms with Crippen LogP contribution >= 0.6 is 11.3 Å². The average Bonchev–Trinajstić information content (AvgIpc) is 3.16. The first kappa shape index (κ1) is 20.6. The van der Waals surface area contributed by atoms with E-state index in [9.17, 15) is 9.59 Å². The molecule has 5 nitrogen and oxygen atoms in total. The highest BCUT2D eigenvalue weighted by molar-refractivity contribution is 7.10. The van der Waals surface area contributed by atoms with Gasteiger partial charge >= 0.3 is 0 Å². The fourth-order valence-corrected chi connectivity index (χ4v) is 4.63. The number of carbonyl (C=O) groups excluding carboxylic acids is 2. The summed E-state index contributed by atoms with van der Waals surface area (Å²) in [6.45, 7) is 5.39. The molecule has 28 heavy (non-hydrogen) atoms. The fourth-order valence-electron chi connectivity index (χ4n) is 3.72. The molecule has 0 unspecified atom stereocenters. The van der Waals surface area contributed by atoms with Crippen LogP contribution in [0.1, 0.15) is 41.0 Å². The van der Waals surface area contributed by atoms with Gasteiger partial charge in [0.05, 0.1) is 12.6 Å². The highest BCUT2D eigenvalue weighted by Crippen LogP contribution is 2.37. The van der Waals surface area contributed by atoms with Crippen LogP contribution in [0.5, 0.6) is 0 Å². The molecule has 1 aliphatic heterocycles. The highest BCUT2D eigenvalue weighted by Gasteiger charge is 2.33. The first-order valence-corrected chi connectivity index (χ1v) is 10.6. The van der Waals surface area contributed by atoms with Crippen molar-refractivity contribution in [3.8, 4) is 0 Å². The second-order valence-corrected chi connectivity index (χ2v) is 8.20. The number of rotatable bonds is 7. The normalized spacial score (nSPS) is 16.0. The zero-order valence-corrected chi connectivity index (χ0v) is 17.6. The number of hydrogen-bond donors (Lipinski definition) is 0. The minimum atomic E-state index is -0.141. The molecule has 0 saturated heterocycles. The van der Waals surface area contributed by atoms with Crippen molar-refractivity contribution in [2.75, 3.05) is 33.4 Å². The molecule has 2 aromatic rings. The van der Waals surface area contributed by atoms with Gasteiger partial charge in [0.15, 0.2) is 0 Å². The molecule has 2 amide bonds. The Morgan fingerprint density at radius 2 is 2.00 bits per heavy atom. The van der Waals surface area contributed by atoms with Gasteiger partial charge in [-0.2, -0.15) is 0 Å². The van der Waals surface area contributed by atoms with E-state index in [-0.39, 0.29) is 31.0 Å². The van der Waals surface area contributed by atoms with Crippen molar-refractivity contribution in [3.05, 3.63) is 57.3 Å². The van der Waals surface area contributed by atoms with Gasteiger partial charge in [0.2, 0.25) is 11.8 Å². The maximum absolute atomic E-state index is 13.3. The number of nitrogens with zero attached hydrogens (tertiary/aromatic N) is 2. The number of aryl methyl sites for hydroxylation is 1. The summed E-state index contributed by atoms with van der Waals surface area (Å²) in [5, 5.41) is 2.10. The van der Waals surface area contributed by atoms with Gasteiger partial charge in [-0.05, 0) is 42.3 Å². The Hall–Kier alpha value is -2.18. The predicted molar refractivity (Wildman–Crippen MR) is 112 cm³/mol. The molecule has 1 aliphatic rings. The average molecular weight is 401 g/mol. The molecule has 0 aliphatic carbocycles. The molecule has 0 bridgehead atoms. The van der Waals surface area contributed by atoms with Crippen LogP contribution in [-0.2, 0) is 20.7 Å². The summed E-state index contributed by atoms with van der Waals surface area (Å²) in [6.07, 6.45) is 1.67. The third kappa shape index (κ3) is 4.45. The van der Waals surface area contributed by atoms with E-state index in [1.807, 2.05) is 11.8 Å². The van der Waals surface area contributed by atoms with E-state index < -0.39 is 0 Å². The Labute approximate surface area is 170 Å². The Morgan fingerprint density at radius 3 is 2.68 bits per heavy atom. The Morgan fingerprint density at radius 1 is 1.25 bits per heavy atom. The number of fused-ring (bicyclic) bond motifs is 1. The van der Waals surface area contributed by atoms with Crippen LogP contribution in [0, 0.1) is 6.92 Å². The van der Waals surface area contributed by atoms with E-state index in [0.29, 0.717) is 13.1 Å². The summed E-state index contributed by atoms with van der Waals surface area (Å²) in [4.78, 5) is 30.5. The quantitative estimate of drug-likeness (QED) is 0.716. The van der Waals surface area contributed by atoms with E-state index in [0.717, 1.165) is 18.4 Å². The molecule has 150 valence electrons. The predicted octanol–water partition coefficient (Wildman–Crippen LogP) is 3.42. The highest BCUT2D eigenvalue weighted by atomic mass is 32.1. The second-order valence-electron chi connectivity index (χ2n) is 7.20. The minimum absolute atomic E-state index is 0.00332. The van der Waals surface area contributed by atoms with Gasteiger partial charge in [-0.15, -0.1) is 11.3 Å². The molecule has 1 aromatic heterocycles. The summed E-state index contributed by atoms with van der Waals surface area (Å²) in [5.74, 6) is -0.154. The number of thiophene rings is 1. The molecule has 0 N–H and O–H groups in total. The third-order valence-electron chi connectivity index (χ3n) is 5.12. The van der Waals surface area contributed by atoms with Crippen molar-refractivity contribution in [3.63, 3.8) is 0 Å². The van der Waals surface area contributed by atoms with Crippen molar-refractivity contribution in [2.45, 2.75) is 32.7 Å². The number of hydrogen-bond acceptors (Lipinski definition) is 4. The number of methoxy groups -OCH3 is 1. The molecule has 1 aromatic carbocycles. The first-order chi connectivity index (χ1) is 13.5. The van der Waals surface area contributed by atoms with Gasteiger partial charge in [0, 0.05) is 25.1 Å².